The molecule has 3 aromatic rings. The number of nitrogens with one attached hydrogen (secondary N) is 2. The van der Waals surface area contributed by atoms with Crippen LogP contribution in [0.1, 0.15) is 34.2 Å². The van der Waals surface area contributed by atoms with Gasteiger partial charge in [0.25, 0.3) is 5.91 Å². The van der Waals surface area contributed by atoms with Crippen LogP contribution in [0, 0.1) is 0 Å². The number of benzene rings is 3. The summed E-state index contributed by atoms with van der Waals surface area (Å²) < 4.78 is 0. The second kappa shape index (κ2) is 7.96. The number of nitrogens with zero attached hydrogens (tertiary/aromatic N) is 1. The summed E-state index contributed by atoms with van der Waals surface area (Å²) in [6, 6.07) is 23.5. The van der Waals surface area contributed by atoms with Crippen molar-refractivity contribution in [2.75, 3.05) is 0 Å². The molecule has 0 saturated carbocycles. The Morgan fingerprint density at radius 3 is 2.16 bits per heavy atom. The zero-order chi connectivity index (χ0) is 22.1. The second-order valence-electron chi connectivity index (χ2n) is 8.22. The number of carbonyl (C=O) groups is 3. The first-order valence-electron chi connectivity index (χ1n) is 10.8. The van der Waals surface area contributed by atoms with Gasteiger partial charge in [0, 0.05) is 0 Å². The Morgan fingerprint density at radius 1 is 0.875 bits per heavy atom. The van der Waals surface area contributed by atoms with Gasteiger partial charge in [-0.15, -0.1) is 0 Å². The molecule has 2 aliphatic rings. The fraction of sp³-hybridized carbons (Fsp3) is 0.192. The zero-order valence-electron chi connectivity index (χ0n) is 17.5. The van der Waals surface area contributed by atoms with E-state index in [1.165, 1.54) is 11.1 Å². The standard InChI is InChI=1S/C26H23N3O3/c30-23(17-18-14-15-19-8-7-9-20(19)16-18)28-29-24(31)26(27-25(29)32,21-10-3-1-4-11-21)22-12-5-2-6-13-22/h1-6,10-16H,7-9,17H2,(H,27,32)(H,28,30). The number of hydrogen-bond donors (Lipinski definition) is 2. The molecular formula is C26H23N3O3. The predicted octanol–water partition coefficient (Wildman–Crippen LogP) is 3.24. The highest BCUT2D eigenvalue weighted by atomic mass is 16.2. The highest BCUT2D eigenvalue weighted by Gasteiger charge is 2.54. The van der Waals surface area contributed by atoms with E-state index in [9.17, 15) is 14.4 Å². The lowest BCUT2D eigenvalue weighted by Gasteiger charge is -2.27. The number of aryl methyl sites for hydroxylation is 2. The van der Waals surface area contributed by atoms with Crippen LogP contribution in [0.3, 0.4) is 0 Å². The third-order valence-electron chi connectivity index (χ3n) is 6.20. The molecule has 0 bridgehead atoms. The van der Waals surface area contributed by atoms with Gasteiger partial charge in [-0.25, -0.2) is 4.79 Å². The van der Waals surface area contributed by atoms with Crippen LogP contribution in [-0.4, -0.2) is 22.9 Å². The fourth-order valence-electron chi connectivity index (χ4n) is 4.65. The molecule has 32 heavy (non-hydrogen) atoms. The third-order valence-corrected chi connectivity index (χ3v) is 6.20. The molecule has 0 radical (unpaired) electrons. The Hall–Kier alpha value is -3.93. The molecule has 6 heteroatoms. The Kier molecular flexibility index (Phi) is 4.98. The van der Waals surface area contributed by atoms with Gasteiger partial charge in [0.15, 0.2) is 5.54 Å². The van der Waals surface area contributed by atoms with Crippen molar-refractivity contribution in [2.24, 2.45) is 0 Å². The minimum absolute atomic E-state index is 0.0913. The summed E-state index contributed by atoms with van der Waals surface area (Å²) in [5.74, 6) is -0.953. The number of imide groups is 1. The van der Waals surface area contributed by atoms with Gasteiger partial charge in [0.2, 0.25) is 5.91 Å². The summed E-state index contributed by atoms with van der Waals surface area (Å²) in [6.45, 7) is 0. The van der Waals surface area contributed by atoms with E-state index in [0.29, 0.717) is 11.1 Å². The maximum Gasteiger partial charge on any atom is 0.344 e. The predicted molar refractivity (Wildman–Crippen MR) is 119 cm³/mol. The minimum Gasteiger partial charge on any atom is -0.314 e. The molecule has 0 unspecified atom stereocenters. The molecule has 2 N–H and O–H groups in total. The van der Waals surface area contributed by atoms with Crippen LogP contribution in [0.25, 0.3) is 0 Å². The Labute approximate surface area is 186 Å². The van der Waals surface area contributed by atoms with Gasteiger partial charge in [-0.2, -0.15) is 5.01 Å². The minimum atomic E-state index is -1.40. The van der Waals surface area contributed by atoms with Crippen molar-refractivity contribution >= 4 is 17.8 Å². The van der Waals surface area contributed by atoms with Crippen LogP contribution in [0.4, 0.5) is 4.79 Å². The van der Waals surface area contributed by atoms with Crippen LogP contribution in [0.5, 0.6) is 0 Å². The summed E-state index contributed by atoms with van der Waals surface area (Å²) >= 11 is 0. The van der Waals surface area contributed by atoms with Gasteiger partial charge in [-0.3, -0.25) is 15.0 Å². The first kappa shape index (κ1) is 20.0. The lowest BCUT2D eigenvalue weighted by Crippen LogP contribution is -2.49. The average molecular weight is 425 g/mol. The van der Waals surface area contributed by atoms with E-state index in [-0.39, 0.29) is 6.42 Å². The summed E-state index contributed by atoms with van der Waals surface area (Å²) in [5.41, 5.74) is 5.84. The van der Waals surface area contributed by atoms with Crippen LogP contribution in [0.15, 0.2) is 78.9 Å². The molecule has 1 heterocycles. The molecule has 0 atom stereocenters. The summed E-state index contributed by atoms with van der Waals surface area (Å²) in [5, 5.41) is 3.63. The lowest BCUT2D eigenvalue weighted by atomic mass is 9.83. The van der Waals surface area contributed by atoms with Crippen molar-refractivity contribution in [3.63, 3.8) is 0 Å². The molecule has 0 aromatic heterocycles. The van der Waals surface area contributed by atoms with Crippen LogP contribution < -0.4 is 10.7 Å². The summed E-state index contributed by atoms with van der Waals surface area (Å²) in [7, 11) is 0. The Bertz CT molecular complexity index is 1150. The molecule has 1 aliphatic carbocycles. The number of urea groups is 1. The smallest absolute Gasteiger partial charge is 0.314 e. The summed E-state index contributed by atoms with van der Waals surface area (Å²) in [4.78, 5) is 39.2. The molecule has 1 saturated heterocycles. The van der Waals surface area contributed by atoms with E-state index in [1.54, 1.807) is 24.3 Å². The van der Waals surface area contributed by atoms with Gasteiger partial charge < -0.3 is 5.32 Å². The van der Waals surface area contributed by atoms with Crippen molar-refractivity contribution in [1.29, 1.82) is 0 Å². The number of hydrazine groups is 1. The maximum absolute atomic E-state index is 13.6. The maximum atomic E-state index is 13.6. The van der Waals surface area contributed by atoms with Gasteiger partial charge in [-0.1, -0.05) is 78.9 Å². The SMILES string of the molecule is O=C(Cc1ccc2c(c1)CCC2)NN1C(=O)NC(c2ccccc2)(c2ccccc2)C1=O. The summed E-state index contributed by atoms with van der Waals surface area (Å²) in [6.07, 6.45) is 3.32. The van der Waals surface area contributed by atoms with E-state index in [1.807, 2.05) is 48.5 Å². The third kappa shape index (κ3) is 3.34. The number of amides is 4. The second-order valence-corrected chi connectivity index (χ2v) is 8.22. The number of rotatable bonds is 5. The van der Waals surface area contributed by atoms with Crippen molar-refractivity contribution in [2.45, 2.75) is 31.2 Å². The normalized spacial score (nSPS) is 16.6. The molecule has 3 aromatic carbocycles. The first-order chi connectivity index (χ1) is 15.6. The molecule has 160 valence electrons. The van der Waals surface area contributed by atoms with Crippen molar-refractivity contribution in [3.05, 3.63) is 107 Å². The van der Waals surface area contributed by atoms with Crippen LogP contribution in [0.2, 0.25) is 0 Å². The topological polar surface area (TPSA) is 78.5 Å². The van der Waals surface area contributed by atoms with Gasteiger partial charge >= 0.3 is 6.03 Å². The number of fused-ring (bicyclic) bond motifs is 1. The molecule has 1 aliphatic heterocycles. The van der Waals surface area contributed by atoms with Crippen molar-refractivity contribution < 1.29 is 14.4 Å². The first-order valence-corrected chi connectivity index (χ1v) is 10.8. The Morgan fingerprint density at radius 2 is 1.50 bits per heavy atom. The largest absolute Gasteiger partial charge is 0.344 e. The lowest BCUT2D eigenvalue weighted by molar-refractivity contribution is -0.138. The highest BCUT2D eigenvalue weighted by Crippen LogP contribution is 2.35. The fourth-order valence-corrected chi connectivity index (χ4v) is 4.65. The van der Waals surface area contributed by atoms with Crippen molar-refractivity contribution in [1.82, 2.24) is 15.8 Å². The zero-order valence-corrected chi connectivity index (χ0v) is 17.5. The molecular weight excluding hydrogens is 402 g/mol. The quantitative estimate of drug-likeness (QED) is 0.616. The van der Waals surface area contributed by atoms with Gasteiger partial charge in [0.1, 0.15) is 0 Å². The molecule has 5 rings (SSSR count). The molecule has 4 amide bonds. The van der Waals surface area contributed by atoms with Gasteiger partial charge in [-0.05, 0) is 47.1 Å². The average Bonchev–Trinajstić information content (AvgIpc) is 3.38. The Balaban J connectivity index is 1.41. The molecule has 1 fully saturated rings. The van der Waals surface area contributed by atoms with E-state index >= 15 is 0 Å². The number of carbonyl (C=O) groups excluding carboxylic acids is 3. The highest BCUT2D eigenvalue weighted by molar-refractivity contribution is 6.10. The van der Waals surface area contributed by atoms with Crippen LogP contribution in [-0.2, 0) is 34.4 Å². The molecule has 0 spiro atoms. The van der Waals surface area contributed by atoms with E-state index < -0.39 is 23.4 Å². The van der Waals surface area contributed by atoms with Gasteiger partial charge in [0.05, 0.1) is 6.42 Å². The monoisotopic (exact) mass is 425 g/mol. The van der Waals surface area contributed by atoms with Crippen molar-refractivity contribution in [3.8, 4) is 0 Å². The number of hydrogen-bond acceptors (Lipinski definition) is 3. The molecule has 6 nitrogen and oxygen atoms in total. The van der Waals surface area contributed by atoms with Crippen LogP contribution >= 0.6 is 0 Å². The van der Waals surface area contributed by atoms with E-state index in [2.05, 4.69) is 16.8 Å². The van der Waals surface area contributed by atoms with E-state index in [4.69, 9.17) is 0 Å². The van der Waals surface area contributed by atoms with E-state index in [0.717, 1.165) is 29.8 Å².